The van der Waals surface area contributed by atoms with E-state index in [0.29, 0.717) is 5.92 Å². The highest BCUT2D eigenvalue weighted by molar-refractivity contribution is 5.18. The van der Waals surface area contributed by atoms with Crippen LogP contribution in [0.2, 0.25) is 0 Å². The maximum Gasteiger partial charge on any atom is 0.130 e. The van der Waals surface area contributed by atoms with Gasteiger partial charge in [0.05, 0.1) is 5.69 Å². The van der Waals surface area contributed by atoms with E-state index in [4.69, 9.17) is 0 Å². The first-order valence-electron chi connectivity index (χ1n) is 6.56. The van der Waals surface area contributed by atoms with Crippen molar-refractivity contribution in [2.45, 2.75) is 45.4 Å². The maximum atomic E-state index is 4.41. The summed E-state index contributed by atoms with van der Waals surface area (Å²) in [6.07, 6.45) is 9.93. The molecule has 2 aromatic heterocycles. The van der Waals surface area contributed by atoms with Crippen LogP contribution < -0.4 is 0 Å². The Morgan fingerprint density at radius 1 is 1.00 bits per heavy atom. The van der Waals surface area contributed by atoms with E-state index < -0.39 is 0 Å². The Kier molecular flexibility index (Phi) is 3.88. The minimum atomic E-state index is -0.0725. The Bertz CT molecular complexity index is 518. The minimum Gasteiger partial charge on any atom is -0.261 e. The molecule has 0 aliphatic carbocycles. The first-order chi connectivity index (χ1) is 8.99. The lowest BCUT2D eigenvalue weighted by Crippen LogP contribution is -2.22. The lowest BCUT2D eigenvalue weighted by Gasteiger charge is -2.23. The van der Waals surface area contributed by atoms with Gasteiger partial charge < -0.3 is 0 Å². The lowest BCUT2D eigenvalue weighted by molar-refractivity contribution is 0.500. The summed E-state index contributed by atoms with van der Waals surface area (Å²) in [7, 11) is 0. The van der Waals surface area contributed by atoms with Crippen molar-refractivity contribution in [2.24, 2.45) is 0 Å². The van der Waals surface area contributed by atoms with E-state index >= 15 is 0 Å². The van der Waals surface area contributed by atoms with E-state index in [1.165, 1.54) is 0 Å². The fourth-order valence-corrected chi connectivity index (χ4v) is 2.00. The van der Waals surface area contributed by atoms with Crippen molar-refractivity contribution in [3.63, 3.8) is 0 Å². The molecule has 0 saturated heterocycles. The third-order valence-corrected chi connectivity index (χ3v) is 3.14. The molecule has 0 aromatic carbocycles. The molecule has 0 saturated carbocycles. The van der Waals surface area contributed by atoms with Gasteiger partial charge in [0.1, 0.15) is 5.82 Å². The Morgan fingerprint density at radius 2 is 1.68 bits per heavy atom. The van der Waals surface area contributed by atoms with Crippen molar-refractivity contribution >= 4 is 0 Å². The van der Waals surface area contributed by atoms with Crippen LogP contribution in [0.1, 0.15) is 50.7 Å². The molecule has 4 heteroatoms. The Labute approximate surface area is 114 Å². The van der Waals surface area contributed by atoms with Crippen molar-refractivity contribution < 1.29 is 0 Å². The summed E-state index contributed by atoms with van der Waals surface area (Å²) < 4.78 is 0. The summed E-state index contributed by atoms with van der Waals surface area (Å²) in [4.78, 5) is 17.3. The fourth-order valence-electron chi connectivity index (χ4n) is 2.00. The van der Waals surface area contributed by atoms with Gasteiger partial charge >= 0.3 is 0 Å². The van der Waals surface area contributed by atoms with E-state index in [1.807, 2.05) is 18.6 Å². The molecule has 0 bridgehead atoms. The highest BCUT2D eigenvalue weighted by atomic mass is 14.9. The van der Waals surface area contributed by atoms with Crippen molar-refractivity contribution in [1.82, 2.24) is 19.9 Å². The van der Waals surface area contributed by atoms with Gasteiger partial charge in [0.2, 0.25) is 0 Å². The van der Waals surface area contributed by atoms with Crippen LogP contribution in [0.25, 0.3) is 0 Å². The predicted molar refractivity (Wildman–Crippen MR) is 74.9 cm³/mol. The summed E-state index contributed by atoms with van der Waals surface area (Å²) in [5.74, 6) is 1.25. The largest absolute Gasteiger partial charge is 0.261 e. The summed E-state index contributed by atoms with van der Waals surface area (Å²) in [6, 6.07) is 0. The molecule has 2 rings (SSSR count). The van der Waals surface area contributed by atoms with Crippen LogP contribution in [-0.2, 0) is 11.8 Å². The molecule has 19 heavy (non-hydrogen) atoms. The molecule has 0 aliphatic heterocycles. The van der Waals surface area contributed by atoms with Crippen LogP contribution in [-0.4, -0.2) is 19.9 Å². The van der Waals surface area contributed by atoms with Gasteiger partial charge in [-0.25, -0.2) is 9.97 Å². The standard InChI is InChI=1S/C15H20N4/c1-11(2)14-18-8-12(9-19-14)7-15(3,4)13-10-16-5-6-17-13/h5-6,8-11H,7H2,1-4H3. The molecular weight excluding hydrogens is 236 g/mol. The van der Waals surface area contributed by atoms with E-state index in [1.54, 1.807) is 12.4 Å². The number of hydrogen-bond acceptors (Lipinski definition) is 4. The van der Waals surface area contributed by atoms with Crippen LogP contribution in [0.15, 0.2) is 31.0 Å². The van der Waals surface area contributed by atoms with E-state index in [9.17, 15) is 0 Å². The van der Waals surface area contributed by atoms with Crippen LogP contribution in [0.4, 0.5) is 0 Å². The first-order valence-corrected chi connectivity index (χ1v) is 6.56. The van der Waals surface area contributed by atoms with Gasteiger partial charge in [0.25, 0.3) is 0 Å². The summed E-state index contributed by atoms with van der Waals surface area (Å²) in [6.45, 7) is 8.51. The quantitative estimate of drug-likeness (QED) is 0.844. The third kappa shape index (κ3) is 3.34. The number of aromatic nitrogens is 4. The van der Waals surface area contributed by atoms with Crippen LogP contribution in [0, 0.1) is 0 Å². The summed E-state index contributed by atoms with van der Waals surface area (Å²) in [5, 5.41) is 0. The van der Waals surface area contributed by atoms with Crippen LogP contribution >= 0.6 is 0 Å². The minimum absolute atomic E-state index is 0.0725. The second kappa shape index (κ2) is 5.43. The molecule has 0 atom stereocenters. The van der Waals surface area contributed by atoms with Gasteiger partial charge in [0, 0.05) is 42.3 Å². The Morgan fingerprint density at radius 3 is 2.21 bits per heavy atom. The van der Waals surface area contributed by atoms with Gasteiger partial charge in [-0.1, -0.05) is 27.7 Å². The van der Waals surface area contributed by atoms with Crippen molar-refractivity contribution in [3.8, 4) is 0 Å². The molecule has 2 heterocycles. The normalized spacial score (nSPS) is 11.8. The average molecular weight is 256 g/mol. The van der Waals surface area contributed by atoms with Crippen molar-refractivity contribution in [3.05, 3.63) is 48.1 Å². The molecule has 4 nitrogen and oxygen atoms in total. The lowest BCUT2D eigenvalue weighted by atomic mass is 9.83. The zero-order valence-electron chi connectivity index (χ0n) is 12.0. The predicted octanol–water partition coefficient (Wildman–Crippen LogP) is 2.91. The molecule has 0 radical (unpaired) electrons. The van der Waals surface area contributed by atoms with Gasteiger partial charge in [-0.3, -0.25) is 9.97 Å². The topological polar surface area (TPSA) is 51.6 Å². The number of hydrogen-bond donors (Lipinski definition) is 0. The summed E-state index contributed by atoms with van der Waals surface area (Å²) >= 11 is 0. The van der Waals surface area contributed by atoms with Gasteiger partial charge in [-0.2, -0.15) is 0 Å². The van der Waals surface area contributed by atoms with Crippen molar-refractivity contribution in [1.29, 1.82) is 0 Å². The van der Waals surface area contributed by atoms with Gasteiger partial charge in [-0.15, -0.1) is 0 Å². The molecule has 0 spiro atoms. The third-order valence-electron chi connectivity index (χ3n) is 3.14. The SMILES string of the molecule is CC(C)c1ncc(CC(C)(C)c2cnccn2)cn1. The molecule has 100 valence electrons. The number of nitrogens with zero attached hydrogens (tertiary/aromatic N) is 4. The second-order valence-electron chi connectivity index (χ2n) is 5.76. The number of rotatable bonds is 4. The van der Waals surface area contributed by atoms with Crippen molar-refractivity contribution in [2.75, 3.05) is 0 Å². The highest BCUT2D eigenvalue weighted by Crippen LogP contribution is 2.25. The Balaban J connectivity index is 2.16. The van der Waals surface area contributed by atoms with E-state index in [-0.39, 0.29) is 5.41 Å². The van der Waals surface area contributed by atoms with E-state index in [2.05, 4.69) is 47.6 Å². The molecular formula is C15H20N4. The Hall–Kier alpha value is -1.84. The molecule has 0 N–H and O–H groups in total. The van der Waals surface area contributed by atoms with Gasteiger partial charge in [0.15, 0.2) is 0 Å². The molecule has 0 fully saturated rings. The summed E-state index contributed by atoms with van der Waals surface area (Å²) in [5.41, 5.74) is 2.04. The first kappa shape index (κ1) is 13.6. The maximum absolute atomic E-state index is 4.41. The second-order valence-corrected chi connectivity index (χ2v) is 5.76. The zero-order chi connectivity index (χ0) is 13.9. The smallest absolute Gasteiger partial charge is 0.130 e. The molecule has 0 amide bonds. The zero-order valence-corrected chi connectivity index (χ0v) is 12.0. The van der Waals surface area contributed by atoms with Gasteiger partial charge in [-0.05, 0) is 12.0 Å². The van der Waals surface area contributed by atoms with Crippen LogP contribution in [0.3, 0.4) is 0 Å². The highest BCUT2D eigenvalue weighted by Gasteiger charge is 2.23. The van der Waals surface area contributed by atoms with Crippen LogP contribution in [0.5, 0.6) is 0 Å². The molecule has 0 aliphatic rings. The monoisotopic (exact) mass is 256 g/mol. The fraction of sp³-hybridized carbons (Fsp3) is 0.467. The van der Waals surface area contributed by atoms with E-state index in [0.717, 1.165) is 23.5 Å². The molecule has 2 aromatic rings. The molecule has 0 unspecified atom stereocenters. The average Bonchev–Trinajstić information content (AvgIpc) is 2.40.